The van der Waals surface area contributed by atoms with Gasteiger partial charge in [0.1, 0.15) is 6.61 Å². The lowest BCUT2D eigenvalue weighted by Crippen LogP contribution is -2.45. The van der Waals surface area contributed by atoms with Crippen molar-refractivity contribution in [1.29, 1.82) is 0 Å². The third-order valence-electron chi connectivity index (χ3n) is 2.71. The van der Waals surface area contributed by atoms with E-state index in [2.05, 4.69) is 15.8 Å². The van der Waals surface area contributed by atoms with Gasteiger partial charge >= 0.3 is 0 Å². The minimum atomic E-state index is -0.190. The summed E-state index contributed by atoms with van der Waals surface area (Å²) in [7, 11) is 1.57. The Morgan fingerprint density at radius 2 is 2.65 bits per heavy atom. The molecule has 1 aromatic rings. The Balaban J connectivity index is 1.89. The van der Waals surface area contributed by atoms with Crippen LogP contribution in [0.25, 0.3) is 0 Å². The van der Waals surface area contributed by atoms with Crippen molar-refractivity contribution in [3.8, 4) is 0 Å². The van der Waals surface area contributed by atoms with E-state index in [0.717, 1.165) is 25.9 Å². The topological polar surface area (TPSA) is 76.4 Å². The van der Waals surface area contributed by atoms with Gasteiger partial charge in [-0.2, -0.15) is 0 Å². The van der Waals surface area contributed by atoms with Crippen molar-refractivity contribution in [1.82, 2.24) is 15.8 Å². The third-order valence-corrected chi connectivity index (χ3v) is 2.71. The second kappa shape index (κ2) is 5.79. The number of methoxy groups -OCH3 is 1. The molecule has 94 valence electrons. The van der Waals surface area contributed by atoms with Gasteiger partial charge in [-0.05, 0) is 19.4 Å². The van der Waals surface area contributed by atoms with Crippen molar-refractivity contribution in [2.75, 3.05) is 20.2 Å². The summed E-state index contributed by atoms with van der Waals surface area (Å²) in [6.45, 7) is 2.16. The fraction of sp³-hybridized carbons (Fsp3) is 0.636. The molecule has 6 heteroatoms. The zero-order chi connectivity index (χ0) is 12.1. The van der Waals surface area contributed by atoms with Gasteiger partial charge in [-0.1, -0.05) is 5.16 Å². The van der Waals surface area contributed by atoms with E-state index in [1.54, 1.807) is 13.2 Å². The highest BCUT2D eigenvalue weighted by molar-refractivity contribution is 5.92. The number of carbonyl (C=O) groups is 1. The lowest BCUT2D eigenvalue weighted by Gasteiger charge is -2.23. The summed E-state index contributed by atoms with van der Waals surface area (Å²) >= 11 is 0. The Labute approximate surface area is 99.7 Å². The van der Waals surface area contributed by atoms with Crippen molar-refractivity contribution in [3.63, 3.8) is 0 Å². The first-order valence-corrected chi connectivity index (χ1v) is 5.75. The number of hydrogen-bond donors (Lipinski definition) is 2. The van der Waals surface area contributed by atoms with Crippen LogP contribution in [0.4, 0.5) is 0 Å². The van der Waals surface area contributed by atoms with Crippen LogP contribution in [0.1, 0.15) is 29.1 Å². The van der Waals surface area contributed by atoms with E-state index in [9.17, 15) is 4.79 Å². The van der Waals surface area contributed by atoms with Gasteiger partial charge in [0.25, 0.3) is 5.91 Å². The molecule has 1 atom stereocenters. The zero-order valence-electron chi connectivity index (χ0n) is 9.86. The number of aromatic nitrogens is 1. The van der Waals surface area contributed by atoms with E-state index < -0.39 is 0 Å². The molecule has 1 amide bonds. The van der Waals surface area contributed by atoms with E-state index in [-0.39, 0.29) is 11.9 Å². The molecule has 1 aromatic heterocycles. The largest absolute Gasteiger partial charge is 0.377 e. The van der Waals surface area contributed by atoms with Crippen molar-refractivity contribution in [2.45, 2.75) is 25.5 Å². The second-order valence-electron chi connectivity index (χ2n) is 4.13. The monoisotopic (exact) mass is 239 g/mol. The minimum absolute atomic E-state index is 0.179. The summed E-state index contributed by atoms with van der Waals surface area (Å²) in [5.74, 6) is 0.365. The fourth-order valence-corrected chi connectivity index (χ4v) is 1.86. The molecule has 17 heavy (non-hydrogen) atoms. The summed E-state index contributed by atoms with van der Waals surface area (Å²) in [5.41, 5.74) is 0.308. The van der Waals surface area contributed by atoms with Crippen LogP contribution < -0.4 is 10.6 Å². The van der Waals surface area contributed by atoms with Crippen molar-refractivity contribution in [2.24, 2.45) is 0 Å². The first kappa shape index (κ1) is 12.1. The highest BCUT2D eigenvalue weighted by Crippen LogP contribution is 2.07. The smallest absolute Gasteiger partial charge is 0.273 e. The number of hydrogen-bond acceptors (Lipinski definition) is 5. The number of rotatable bonds is 4. The average Bonchev–Trinajstić information content (AvgIpc) is 2.79. The van der Waals surface area contributed by atoms with Gasteiger partial charge in [-0.15, -0.1) is 0 Å². The van der Waals surface area contributed by atoms with E-state index in [1.807, 2.05) is 0 Å². The molecular weight excluding hydrogens is 222 g/mol. The van der Waals surface area contributed by atoms with Crippen LogP contribution in [0.3, 0.4) is 0 Å². The molecule has 0 radical (unpaired) electrons. The Morgan fingerprint density at radius 1 is 1.76 bits per heavy atom. The Bertz CT molecular complexity index is 372. The van der Waals surface area contributed by atoms with E-state index in [4.69, 9.17) is 9.26 Å². The molecule has 1 aliphatic heterocycles. The Hall–Kier alpha value is -1.40. The number of amides is 1. The minimum Gasteiger partial charge on any atom is -0.377 e. The summed E-state index contributed by atoms with van der Waals surface area (Å²) in [6, 6.07) is 1.79. The van der Waals surface area contributed by atoms with Crippen LogP contribution in [0.2, 0.25) is 0 Å². The van der Waals surface area contributed by atoms with Gasteiger partial charge in [0.15, 0.2) is 11.5 Å². The first-order chi connectivity index (χ1) is 8.29. The van der Waals surface area contributed by atoms with Crippen LogP contribution in [0.15, 0.2) is 10.6 Å². The molecule has 1 saturated heterocycles. The van der Waals surface area contributed by atoms with Gasteiger partial charge in [-0.3, -0.25) is 4.79 Å². The third kappa shape index (κ3) is 3.28. The van der Waals surface area contributed by atoms with Crippen LogP contribution in [-0.4, -0.2) is 37.3 Å². The molecule has 0 unspecified atom stereocenters. The molecular formula is C11H17N3O3. The molecule has 6 nitrogen and oxygen atoms in total. The molecule has 2 N–H and O–H groups in total. The van der Waals surface area contributed by atoms with Crippen molar-refractivity contribution >= 4 is 5.91 Å². The van der Waals surface area contributed by atoms with Gasteiger partial charge in [0.05, 0.1) is 0 Å². The van der Waals surface area contributed by atoms with Gasteiger partial charge in [0, 0.05) is 25.8 Å². The van der Waals surface area contributed by atoms with Crippen LogP contribution >= 0.6 is 0 Å². The molecule has 0 aromatic carbocycles. The summed E-state index contributed by atoms with van der Waals surface area (Å²) in [6.07, 6.45) is 2.08. The highest BCUT2D eigenvalue weighted by Gasteiger charge is 2.18. The Kier molecular flexibility index (Phi) is 4.11. The second-order valence-corrected chi connectivity index (χ2v) is 4.13. The van der Waals surface area contributed by atoms with Crippen LogP contribution in [-0.2, 0) is 11.3 Å². The summed E-state index contributed by atoms with van der Waals surface area (Å²) < 4.78 is 9.86. The lowest BCUT2D eigenvalue weighted by atomic mass is 10.1. The summed E-state index contributed by atoms with van der Waals surface area (Å²) in [4.78, 5) is 11.8. The van der Waals surface area contributed by atoms with Crippen molar-refractivity contribution < 1.29 is 14.1 Å². The number of carbonyl (C=O) groups excluding carboxylic acids is 1. The van der Waals surface area contributed by atoms with Gasteiger partial charge < -0.3 is 19.9 Å². The predicted octanol–water partition coefficient (Wildman–Crippen LogP) is 0.303. The molecule has 1 fully saturated rings. The maximum Gasteiger partial charge on any atom is 0.273 e. The van der Waals surface area contributed by atoms with Gasteiger partial charge in [-0.25, -0.2) is 0 Å². The molecule has 2 rings (SSSR count). The molecule has 0 bridgehead atoms. The Morgan fingerprint density at radius 3 is 3.35 bits per heavy atom. The maximum absolute atomic E-state index is 11.8. The molecule has 1 aliphatic rings. The van der Waals surface area contributed by atoms with E-state index in [0.29, 0.717) is 18.1 Å². The fourth-order valence-electron chi connectivity index (χ4n) is 1.86. The number of ether oxygens (including phenoxy) is 1. The quantitative estimate of drug-likeness (QED) is 0.790. The zero-order valence-corrected chi connectivity index (χ0v) is 9.86. The standard InChI is InChI=1S/C11H17N3O3/c1-16-7-9-5-10(14-17-9)11(15)13-8-3-2-4-12-6-8/h5,8,12H,2-4,6-7H2,1H3,(H,13,15)/t8-/m1/s1. The highest BCUT2D eigenvalue weighted by atomic mass is 16.5. The van der Waals surface area contributed by atoms with Gasteiger partial charge in [0.2, 0.25) is 0 Å². The number of nitrogens with zero attached hydrogens (tertiary/aromatic N) is 1. The summed E-state index contributed by atoms with van der Waals surface area (Å²) in [5, 5.41) is 9.88. The maximum atomic E-state index is 11.8. The normalized spacial score (nSPS) is 20.2. The molecule has 0 saturated carbocycles. The van der Waals surface area contributed by atoms with Crippen LogP contribution in [0.5, 0.6) is 0 Å². The molecule has 0 spiro atoms. The number of nitrogens with one attached hydrogen (secondary N) is 2. The SMILES string of the molecule is COCc1cc(C(=O)N[C@@H]2CCCNC2)no1. The molecule has 2 heterocycles. The first-order valence-electron chi connectivity index (χ1n) is 5.75. The van der Waals surface area contributed by atoms with Crippen LogP contribution in [0, 0.1) is 0 Å². The molecule has 0 aliphatic carbocycles. The lowest BCUT2D eigenvalue weighted by molar-refractivity contribution is 0.0920. The predicted molar refractivity (Wildman–Crippen MR) is 60.6 cm³/mol. The van der Waals surface area contributed by atoms with Crippen molar-refractivity contribution in [3.05, 3.63) is 17.5 Å². The van der Waals surface area contributed by atoms with E-state index >= 15 is 0 Å². The average molecular weight is 239 g/mol. The number of piperidine rings is 1. The van der Waals surface area contributed by atoms with E-state index in [1.165, 1.54) is 0 Å².